The maximum absolute atomic E-state index is 12.4. The zero-order valence-electron chi connectivity index (χ0n) is 14.5. The Balaban J connectivity index is 1.48. The van der Waals surface area contributed by atoms with Crippen molar-refractivity contribution in [2.45, 2.75) is 13.3 Å². The Morgan fingerprint density at radius 1 is 1.32 bits per heavy atom. The lowest BCUT2D eigenvalue weighted by molar-refractivity contribution is -0.126. The van der Waals surface area contributed by atoms with Gasteiger partial charge in [0.15, 0.2) is 11.5 Å². The van der Waals surface area contributed by atoms with Crippen LogP contribution in [0.2, 0.25) is 0 Å². The fourth-order valence-electron chi connectivity index (χ4n) is 2.90. The highest BCUT2D eigenvalue weighted by Gasteiger charge is 2.27. The summed E-state index contributed by atoms with van der Waals surface area (Å²) < 4.78 is 11.1. The predicted molar refractivity (Wildman–Crippen MR) is 96.2 cm³/mol. The average Bonchev–Trinajstić information content (AvgIpc) is 2.65. The summed E-state index contributed by atoms with van der Waals surface area (Å²) in [6.45, 7) is 3.53. The van der Waals surface area contributed by atoms with Gasteiger partial charge in [-0.25, -0.2) is 4.98 Å². The van der Waals surface area contributed by atoms with Gasteiger partial charge in [0, 0.05) is 19.3 Å². The molecular formula is C19H23N3O3. The number of methoxy groups -OCH3 is 1. The number of anilines is 1. The van der Waals surface area contributed by atoms with Crippen LogP contribution in [0, 0.1) is 12.8 Å². The molecule has 1 aliphatic rings. The molecule has 6 nitrogen and oxygen atoms in total. The predicted octanol–water partition coefficient (Wildman–Crippen LogP) is 2.18. The van der Waals surface area contributed by atoms with Crippen LogP contribution in [0.1, 0.15) is 11.1 Å². The van der Waals surface area contributed by atoms with E-state index in [0.29, 0.717) is 31.9 Å². The van der Waals surface area contributed by atoms with Gasteiger partial charge < -0.3 is 20.1 Å². The van der Waals surface area contributed by atoms with E-state index in [0.717, 1.165) is 22.7 Å². The van der Waals surface area contributed by atoms with Crippen molar-refractivity contribution in [3.05, 3.63) is 47.7 Å². The van der Waals surface area contributed by atoms with Crippen LogP contribution in [0.25, 0.3) is 0 Å². The van der Waals surface area contributed by atoms with Crippen molar-refractivity contribution in [1.82, 2.24) is 10.3 Å². The summed E-state index contributed by atoms with van der Waals surface area (Å²) in [5.74, 6) is 2.13. The topological polar surface area (TPSA) is 72.5 Å². The molecule has 0 fully saturated rings. The fourth-order valence-corrected chi connectivity index (χ4v) is 2.90. The molecule has 3 rings (SSSR count). The van der Waals surface area contributed by atoms with Gasteiger partial charge in [-0.1, -0.05) is 18.2 Å². The lowest BCUT2D eigenvalue weighted by atomic mass is 9.95. The molecule has 132 valence electrons. The number of aryl methyl sites for hydroxylation is 1. The fraction of sp³-hybridized carbons (Fsp3) is 0.368. The summed E-state index contributed by atoms with van der Waals surface area (Å²) >= 11 is 0. The lowest BCUT2D eigenvalue weighted by Crippen LogP contribution is -2.39. The number of benzene rings is 1. The van der Waals surface area contributed by atoms with E-state index in [2.05, 4.69) is 15.6 Å². The van der Waals surface area contributed by atoms with Crippen LogP contribution in [0.4, 0.5) is 5.82 Å². The second-order valence-electron chi connectivity index (χ2n) is 6.05. The van der Waals surface area contributed by atoms with E-state index < -0.39 is 0 Å². The summed E-state index contributed by atoms with van der Waals surface area (Å²) in [6, 6.07) is 9.66. The number of hydrogen-bond donors (Lipinski definition) is 2. The van der Waals surface area contributed by atoms with Crippen LogP contribution in [0.5, 0.6) is 11.5 Å². The quantitative estimate of drug-likeness (QED) is 0.788. The number of para-hydroxylation sites is 1. The number of fused-ring (bicyclic) bond motifs is 1. The molecule has 0 aliphatic carbocycles. The van der Waals surface area contributed by atoms with Gasteiger partial charge in [0.05, 0.1) is 13.0 Å². The molecular weight excluding hydrogens is 318 g/mol. The van der Waals surface area contributed by atoms with Crippen molar-refractivity contribution in [1.29, 1.82) is 0 Å². The smallest absolute Gasteiger partial charge is 0.226 e. The zero-order chi connectivity index (χ0) is 17.6. The maximum atomic E-state index is 12.4. The van der Waals surface area contributed by atoms with Crippen LogP contribution >= 0.6 is 0 Å². The number of pyridine rings is 1. The summed E-state index contributed by atoms with van der Waals surface area (Å²) in [4.78, 5) is 16.6. The molecule has 0 saturated heterocycles. The minimum atomic E-state index is -0.184. The van der Waals surface area contributed by atoms with Gasteiger partial charge >= 0.3 is 0 Å². The zero-order valence-corrected chi connectivity index (χ0v) is 14.5. The molecule has 2 aromatic rings. The van der Waals surface area contributed by atoms with Gasteiger partial charge in [-0.15, -0.1) is 0 Å². The Hall–Kier alpha value is -2.76. The highest BCUT2D eigenvalue weighted by Crippen LogP contribution is 2.35. The molecule has 0 bridgehead atoms. The van der Waals surface area contributed by atoms with Crippen molar-refractivity contribution in [2.75, 3.05) is 32.1 Å². The first-order valence-electron chi connectivity index (χ1n) is 8.41. The Labute approximate surface area is 147 Å². The molecule has 2 heterocycles. The molecule has 0 radical (unpaired) electrons. The molecule has 1 aromatic carbocycles. The Kier molecular flexibility index (Phi) is 5.38. The van der Waals surface area contributed by atoms with E-state index in [1.165, 1.54) is 0 Å². The van der Waals surface area contributed by atoms with Crippen molar-refractivity contribution >= 4 is 11.7 Å². The van der Waals surface area contributed by atoms with Gasteiger partial charge in [-0.3, -0.25) is 4.79 Å². The maximum Gasteiger partial charge on any atom is 0.226 e. The summed E-state index contributed by atoms with van der Waals surface area (Å²) in [5.41, 5.74) is 2.09. The molecule has 0 saturated carbocycles. The number of nitrogens with zero attached hydrogens (tertiary/aromatic N) is 1. The van der Waals surface area contributed by atoms with Gasteiger partial charge in [0.2, 0.25) is 5.91 Å². The molecule has 1 aromatic heterocycles. The van der Waals surface area contributed by atoms with Crippen molar-refractivity contribution in [3.63, 3.8) is 0 Å². The average molecular weight is 341 g/mol. The number of nitrogens with one attached hydrogen (secondary N) is 2. The number of carbonyl (C=O) groups excluding carboxylic acids is 1. The molecule has 2 N–H and O–H groups in total. The Morgan fingerprint density at radius 2 is 2.20 bits per heavy atom. The first kappa shape index (κ1) is 17.1. The Bertz CT molecular complexity index is 748. The second kappa shape index (κ2) is 7.88. The molecule has 1 amide bonds. The minimum Gasteiger partial charge on any atom is -0.493 e. The monoisotopic (exact) mass is 341 g/mol. The molecule has 0 unspecified atom stereocenters. The third kappa shape index (κ3) is 4.02. The van der Waals surface area contributed by atoms with Gasteiger partial charge in [-0.05, 0) is 36.6 Å². The molecule has 1 atom stereocenters. The molecule has 1 aliphatic heterocycles. The van der Waals surface area contributed by atoms with E-state index in [1.54, 1.807) is 13.3 Å². The number of carbonyl (C=O) groups is 1. The van der Waals surface area contributed by atoms with Gasteiger partial charge in [-0.2, -0.15) is 0 Å². The number of hydrogen-bond acceptors (Lipinski definition) is 5. The van der Waals surface area contributed by atoms with Crippen LogP contribution < -0.4 is 20.1 Å². The van der Waals surface area contributed by atoms with Gasteiger partial charge in [0.25, 0.3) is 0 Å². The first-order chi connectivity index (χ1) is 12.2. The van der Waals surface area contributed by atoms with Gasteiger partial charge in [0.1, 0.15) is 12.4 Å². The summed E-state index contributed by atoms with van der Waals surface area (Å²) in [7, 11) is 1.62. The standard InChI is InChI=1S/C19H23N3O3/c1-13-5-4-8-20-18(13)21-9-10-22-19(23)15-11-14-6-3-7-16(24-2)17(14)25-12-15/h3-8,15H,9-12H2,1-2H3,(H,20,21)(H,22,23)/t15-/m0/s1. The summed E-state index contributed by atoms with van der Waals surface area (Å²) in [5, 5.41) is 6.19. The van der Waals surface area contributed by atoms with Crippen molar-refractivity contribution in [2.24, 2.45) is 5.92 Å². The first-order valence-corrected chi connectivity index (χ1v) is 8.41. The largest absolute Gasteiger partial charge is 0.493 e. The van der Waals surface area contributed by atoms with E-state index in [9.17, 15) is 4.79 Å². The highest BCUT2D eigenvalue weighted by atomic mass is 16.5. The third-order valence-corrected chi connectivity index (χ3v) is 4.27. The number of ether oxygens (including phenoxy) is 2. The molecule has 0 spiro atoms. The number of aromatic nitrogens is 1. The SMILES string of the molecule is COc1cccc2c1OC[C@@H](C(=O)NCCNc1ncccc1C)C2. The molecule has 25 heavy (non-hydrogen) atoms. The number of rotatable bonds is 6. The van der Waals surface area contributed by atoms with E-state index >= 15 is 0 Å². The van der Waals surface area contributed by atoms with Crippen LogP contribution in [-0.4, -0.2) is 37.7 Å². The van der Waals surface area contributed by atoms with Crippen molar-refractivity contribution in [3.8, 4) is 11.5 Å². The van der Waals surface area contributed by atoms with Crippen molar-refractivity contribution < 1.29 is 14.3 Å². The van der Waals surface area contributed by atoms with E-state index in [-0.39, 0.29) is 11.8 Å². The normalized spacial score (nSPS) is 15.7. The third-order valence-electron chi connectivity index (χ3n) is 4.27. The van der Waals surface area contributed by atoms with Crippen LogP contribution in [0.15, 0.2) is 36.5 Å². The minimum absolute atomic E-state index is 0.00742. The van der Waals surface area contributed by atoms with E-state index in [1.807, 2.05) is 37.3 Å². The second-order valence-corrected chi connectivity index (χ2v) is 6.05. The van der Waals surface area contributed by atoms with E-state index in [4.69, 9.17) is 9.47 Å². The van der Waals surface area contributed by atoms with Crippen LogP contribution in [-0.2, 0) is 11.2 Å². The molecule has 6 heteroatoms. The summed E-state index contributed by atoms with van der Waals surface area (Å²) in [6.07, 6.45) is 2.41. The van der Waals surface area contributed by atoms with Crippen LogP contribution in [0.3, 0.4) is 0 Å². The Morgan fingerprint density at radius 3 is 3.00 bits per heavy atom. The number of amides is 1. The highest BCUT2D eigenvalue weighted by molar-refractivity contribution is 5.79. The lowest BCUT2D eigenvalue weighted by Gasteiger charge is -2.25.